The third kappa shape index (κ3) is 4.77. The first-order valence-electron chi connectivity index (χ1n) is 8.45. The summed E-state index contributed by atoms with van der Waals surface area (Å²) < 4.78 is 48.6. The predicted molar refractivity (Wildman–Crippen MR) is 95.2 cm³/mol. The first-order valence-corrected chi connectivity index (χ1v) is 8.45. The van der Waals surface area contributed by atoms with Gasteiger partial charge in [0.15, 0.2) is 11.5 Å². The highest BCUT2D eigenvalue weighted by atomic mass is 19.4. The van der Waals surface area contributed by atoms with Gasteiger partial charge in [-0.2, -0.15) is 13.2 Å². The minimum Gasteiger partial charge on any atom is -0.454 e. The zero-order chi connectivity index (χ0) is 21.2. The van der Waals surface area contributed by atoms with Crippen LogP contribution in [0.25, 0.3) is 0 Å². The Balaban J connectivity index is 1.60. The summed E-state index contributed by atoms with van der Waals surface area (Å²) in [6, 6.07) is 8.64. The Morgan fingerprint density at radius 1 is 1.03 bits per heavy atom. The number of fused-ring (bicyclic) bond motifs is 1. The number of benzene rings is 2. The van der Waals surface area contributed by atoms with Crippen LogP contribution in [-0.2, 0) is 21.4 Å². The van der Waals surface area contributed by atoms with E-state index in [1.807, 2.05) is 0 Å². The van der Waals surface area contributed by atoms with E-state index in [4.69, 9.17) is 9.47 Å². The molecule has 3 N–H and O–H groups in total. The lowest BCUT2D eigenvalue weighted by Gasteiger charge is -2.24. The number of ether oxygens (including phenoxy) is 2. The Morgan fingerprint density at radius 2 is 1.76 bits per heavy atom. The summed E-state index contributed by atoms with van der Waals surface area (Å²) in [5.74, 6) is -1.31. The summed E-state index contributed by atoms with van der Waals surface area (Å²) >= 11 is 0. The van der Waals surface area contributed by atoms with Crippen molar-refractivity contribution in [1.29, 1.82) is 0 Å². The quantitative estimate of drug-likeness (QED) is 0.673. The van der Waals surface area contributed by atoms with Gasteiger partial charge in [0.25, 0.3) is 0 Å². The first kappa shape index (κ1) is 20.5. The van der Waals surface area contributed by atoms with Gasteiger partial charge in [0.05, 0.1) is 12.1 Å². The largest absolute Gasteiger partial charge is 0.454 e. The highest BCUT2D eigenvalue weighted by Gasteiger charge is 2.31. The van der Waals surface area contributed by atoms with Crippen LogP contribution in [-0.4, -0.2) is 30.3 Å². The third-order valence-electron chi connectivity index (χ3n) is 4.24. The number of aliphatic hydroxyl groups is 1. The predicted octanol–water partition coefficient (Wildman–Crippen LogP) is 2.40. The fourth-order valence-electron chi connectivity index (χ4n) is 2.63. The van der Waals surface area contributed by atoms with E-state index in [0.29, 0.717) is 23.1 Å². The van der Waals surface area contributed by atoms with Crippen LogP contribution in [0.1, 0.15) is 18.1 Å². The maximum Gasteiger partial charge on any atom is 0.416 e. The van der Waals surface area contributed by atoms with E-state index < -0.39 is 29.2 Å². The van der Waals surface area contributed by atoms with Crippen LogP contribution in [0.2, 0.25) is 0 Å². The molecule has 0 spiro atoms. The molecule has 0 saturated heterocycles. The Kier molecular flexibility index (Phi) is 5.38. The maximum absolute atomic E-state index is 12.7. The fourth-order valence-corrected chi connectivity index (χ4v) is 2.63. The number of hydrogen-bond donors (Lipinski definition) is 3. The molecule has 2 amide bonds. The SMILES string of the molecule is CC(O)(CNC(=O)C(=O)Nc1cccc(C(F)(F)F)c1)c1ccc2c(c1)OCO2. The Hall–Kier alpha value is -3.27. The number of rotatable bonds is 4. The van der Waals surface area contributed by atoms with Crippen LogP contribution < -0.4 is 20.1 Å². The second kappa shape index (κ2) is 7.63. The summed E-state index contributed by atoms with van der Waals surface area (Å²) in [6.07, 6.45) is -4.58. The molecule has 7 nitrogen and oxygen atoms in total. The normalized spacial score (nSPS) is 14.8. The Labute approximate surface area is 163 Å². The molecule has 0 saturated carbocycles. The van der Waals surface area contributed by atoms with Gasteiger partial charge in [-0.15, -0.1) is 0 Å². The van der Waals surface area contributed by atoms with E-state index in [9.17, 15) is 27.9 Å². The highest BCUT2D eigenvalue weighted by Crippen LogP contribution is 2.35. The number of carbonyl (C=O) groups excluding carboxylic acids is 2. The van der Waals surface area contributed by atoms with Crippen LogP contribution in [0.4, 0.5) is 18.9 Å². The van der Waals surface area contributed by atoms with Gasteiger partial charge >= 0.3 is 18.0 Å². The molecule has 0 aliphatic carbocycles. The lowest BCUT2D eigenvalue weighted by Crippen LogP contribution is -2.43. The van der Waals surface area contributed by atoms with Gasteiger partial charge < -0.3 is 25.2 Å². The van der Waals surface area contributed by atoms with Gasteiger partial charge in [0.2, 0.25) is 6.79 Å². The number of amides is 2. The zero-order valence-corrected chi connectivity index (χ0v) is 15.2. The molecule has 3 rings (SSSR count). The second-order valence-corrected chi connectivity index (χ2v) is 6.56. The molecule has 1 unspecified atom stereocenters. The van der Waals surface area contributed by atoms with Crippen molar-refractivity contribution in [2.24, 2.45) is 0 Å². The molecule has 1 aliphatic heterocycles. The van der Waals surface area contributed by atoms with Crippen LogP contribution in [0, 0.1) is 0 Å². The number of anilines is 1. The number of hydrogen-bond acceptors (Lipinski definition) is 5. The molecule has 0 fully saturated rings. The molecule has 0 aromatic heterocycles. The van der Waals surface area contributed by atoms with Crippen LogP contribution in [0.3, 0.4) is 0 Å². The van der Waals surface area contributed by atoms with Crippen molar-refractivity contribution in [2.45, 2.75) is 18.7 Å². The summed E-state index contributed by atoms with van der Waals surface area (Å²) in [7, 11) is 0. The molecule has 29 heavy (non-hydrogen) atoms. The monoisotopic (exact) mass is 410 g/mol. The fraction of sp³-hybridized carbons (Fsp3) is 0.263. The molecular formula is C19H17F3N2O5. The zero-order valence-electron chi connectivity index (χ0n) is 15.2. The third-order valence-corrected chi connectivity index (χ3v) is 4.24. The van der Waals surface area contributed by atoms with E-state index in [1.165, 1.54) is 13.0 Å². The molecule has 0 radical (unpaired) electrons. The summed E-state index contributed by atoms with van der Waals surface area (Å²) in [4.78, 5) is 24.0. The molecule has 2 aromatic carbocycles. The lowest BCUT2D eigenvalue weighted by atomic mass is 9.95. The van der Waals surface area contributed by atoms with E-state index in [0.717, 1.165) is 12.1 Å². The van der Waals surface area contributed by atoms with Gasteiger partial charge in [0.1, 0.15) is 5.60 Å². The lowest BCUT2D eigenvalue weighted by molar-refractivity contribution is -0.137. The summed E-state index contributed by atoms with van der Waals surface area (Å²) in [6.45, 7) is 1.17. The minimum absolute atomic E-state index is 0.0629. The average molecular weight is 410 g/mol. The topological polar surface area (TPSA) is 96.9 Å². The molecule has 10 heteroatoms. The molecule has 1 atom stereocenters. The number of carbonyl (C=O) groups is 2. The first-order chi connectivity index (χ1) is 13.6. The van der Waals surface area contributed by atoms with Gasteiger partial charge in [-0.1, -0.05) is 12.1 Å². The van der Waals surface area contributed by atoms with Crippen molar-refractivity contribution in [3.05, 3.63) is 53.6 Å². The van der Waals surface area contributed by atoms with Crippen molar-refractivity contribution in [3.63, 3.8) is 0 Å². The molecule has 154 valence electrons. The highest BCUT2D eigenvalue weighted by molar-refractivity contribution is 6.39. The van der Waals surface area contributed by atoms with E-state index in [2.05, 4.69) is 10.6 Å². The van der Waals surface area contributed by atoms with Crippen molar-refractivity contribution in [3.8, 4) is 11.5 Å². The van der Waals surface area contributed by atoms with Crippen molar-refractivity contribution in [1.82, 2.24) is 5.32 Å². The van der Waals surface area contributed by atoms with Gasteiger partial charge in [-0.3, -0.25) is 9.59 Å². The maximum atomic E-state index is 12.7. The summed E-state index contributed by atoms with van der Waals surface area (Å²) in [5, 5.41) is 14.9. The van der Waals surface area contributed by atoms with Crippen molar-refractivity contribution >= 4 is 17.5 Å². The number of nitrogens with one attached hydrogen (secondary N) is 2. The smallest absolute Gasteiger partial charge is 0.416 e. The molecular weight excluding hydrogens is 393 g/mol. The van der Waals surface area contributed by atoms with Gasteiger partial charge in [-0.05, 0) is 42.8 Å². The van der Waals surface area contributed by atoms with Gasteiger partial charge in [0, 0.05) is 5.69 Å². The number of alkyl halides is 3. The molecule has 2 aromatic rings. The van der Waals surface area contributed by atoms with E-state index >= 15 is 0 Å². The van der Waals surface area contributed by atoms with Crippen molar-refractivity contribution < 1.29 is 37.3 Å². The van der Waals surface area contributed by atoms with E-state index in [1.54, 1.807) is 18.2 Å². The second-order valence-electron chi connectivity index (χ2n) is 6.56. The van der Waals surface area contributed by atoms with Crippen LogP contribution in [0.15, 0.2) is 42.5 Å². The van der Waals surface area contributed by atoms with Crippen molar-refractivity contribution in [2.75, 3.05) is 18.7 Å². The standard InChI is InChI=1S/C19H17F3N2O5/c1-18(27,11-5-6-14-15(8-11)29-10-28-14)9-23-16(25)17(26)24-13-4-2-3-12(7-13)19(20,21)22/h2-8,27H,9-10H2,1H3,(H,23,25)(H,24,26). The summed E-state index contributed by atoms with van der Waals surface area (Å²) in [5.41, 5.74) is -2.25. The average Bonchev–Trinajstić information content (AvgIpc) is 3.13. The molecule has 0 bridgehead atoms. The van der Waals surface area contributed by atoms with Crippen LogP contribution in [0.5, 0.6) is 11.5 Å². The minimum atomic E-state index is -4.58. The molecule has 1 heterocycles. The van der Waals surface area contributed by atoms with Gasteiger partial charge in [-0.25, -0.2) is 0 Å². The van der Waals surface area contributed by atoms with E-state index in [-0.39, 0.29) is 19.0 Å². The molecule has 1 aliphatic rings. The number of halogens is 3. The van der Waals surface area contributed by atoms with Crippen LogP contribution >= 0.6 is 0 Å². The Morgan fingerprint density at radius 3 is 2.48 bits per heavy atom. The Bertz CT molecular complexity index is 944.